The first-order valence-electron chi connectivity index (χ1n) is 15.9. The van der Waals surface area contributed by atoms with Crippen molar-refractivity contribution < 1.29 is 4.42 Å². The molecule has 45 heavy (non-hydrogen) atoms. The van der Waals surface area contributed by atoms with Crippen LogP contribution >= 0.6 is 0 Å². The van der Waals surface area contributed by atoms with E-state index in [0.717, 1.165) is 40.5 Å². The van der Waals surface area contributed by atoms with E-state index in [4.69, 9.17) is 4.42 Å². The summed E-state index contributed by atoms with van der Waals surface area (Å²) >= 11 is 0. The highest BCUT2D eigenvalue weighted by Gasteiger charge is 2.40. The van der Waals surface area contributed by atoms with Gasteiger partial charge >= 0.3 is 0 Å². The SMILES string of the molecule is C1=CC2c3c(ccc4c5c(n(-c6cccc7c6oc6ccccc67)c34)CCC=C5)N(c3cccc(-c4ccccc4)c3)C2C=C1. The van der Waals surface area contributed by atoms with Crippen molar-refractivity contribution in [1.29, 1.82) is 0 Å². The van der Waals surface area contributed by atoms with Crippen LogP contribution in [-0.4, -0.2) is 10.6 Å². The van der Waals surface area contributed by atoms with Gasteiger partial charge in [-0.05, 0) is 54.3 Å². The molecular weight excluding hydrogens is 548 g/mol. The van der Waals surface area contributed by atoms with Gasteiger partial charge < -0.3 is 13.9 Å². The standard InChI is InChI=1S/C42H30N2O/c1-2-12-27(13-3-1)28-14-10-15-29(26-28)43-36-21-8-5-18-34(36)40-37(43)25-24-32-30-16-4-7-20-35(30)44(41(32)40)38-22-11-19-33-31-17-6-9-23-39(31)45-42(33)38/h1-6,8-19,21-26,34,36H,7,20H2. The number of aromatic nitrogens is 1. The van der Waals surface area contributed by atoms with Crippen LogP contribution in [0.1, 0.15) is 29.2 Å². The molecule has 0 saturated carbocycles. The van der Waals surface area contributed by atoms with Gasteiger partial charge in [0.15, 0.2) is 5.58 Å². The summed E-state index contributed by atoms with van der Waals surface area (Å²) in [6.07, 6.45) is 15.9. The minimum atomic E-state index is 0.194. The minimum absolute atomic E-state index is 0.194. The molecular formula is C42H30N2O. The largest absolute Gasteiger partial charge is 0.454 e. The zero-order valence-corrected chi connectivity index (χ0v) is 24.7. The van der Waals surface area contributed by atoms with Crippen molar-refractivity contribution in [3.8, 4) is 16.8 Å². The molecule has 0 bridgehead atoms. The second kappa shape index (κ2) is 9.48. The van der Waals surface area contributed by atoms with Gasteiger partial charge in [0, 0.05) is 50.3 Å². The summed E-state index contributed by atoms with van der Waals surface area (Å²) in [5, 5.41) is 3.64. The third-order valence-corrected chi connectivity index (χ3v) is 9.97. The first kappa shape index (κ1) is 24.9. The molecule has 0 fully saturated rings. The summed E-state index contributed by atoms with van der Waals surface area (Å²) in [5.74, 6) is 0.225. The quantitative estimate of drug-likeness (QED) is 0.208. The Morgan fingerprint density at radius 1 is 0.667 bits per heavy atom. The van der Waals surface area contributed by atoms with Crippen molar-refractivity contribution in [2.45, 2.75) is 24.8 Å². The van der Waals surface area contributed by atoms with E-state index in [0.29, 0.717) is 0 Å². The number of benzene rings is 5. The molecule has 2 aliphatic carbocycles. The van der Waals surface area contributed by atoms with Gasteiger partial charge in [0.25, 0.3) is 0 Å². The van der Waals surface area contributed by atoms with Crippen LogP contribution in [-0.2, 0) is 6.42 Å². The number of allylic oxidation sites excluding steroid dienone is 3. The molecule has 2 atom stereocenters. The predicted molar refractivity (Wildman–Crippen MR) is 187 cm³/mol. The van der Waals surface area contributed by atoms with Gasteiger partial charge in [0.05, 0.1) is 17.2 Å². The van der Waals surface area contributed by atoms with E-state index in [-0.39, 0.29) is 12.0 Å². The molecule has 3 nitrogen and oxygen atoms in total. The van der Waals surface area contributed by atoms with E-state index in [2.05, 4.69) is 155 Å². The van der Waals surface area contributed by atoms with Crippen LogP contribution in [0.15, 0.2) is 144 Å². The Labute approximate surface area is 261 Å². The van der Waals surface area contributed by atoms with Crippen LogP contribution in [0.5, 0.6) is 0 Å². The van der Waals surface area contributed by atoms with E-state index >= 15 is 0 Å². The number of rotatable bonds is 3. The molecule has 2 unspecified atom stereocenters. The molecule has 3 aliphatic rings. The number of hydrogen-bond acceptors (Lipinski definition) is 2. The lowest BCUT2D eigenvalue weighted by molar-refractivity contribution is 0.664. The molecule has 0 saturated heterocycles. The van der Waals surface area contributed by atoms with Crippen LogP contribution < -0.4 is 4.90 Å². The molecule has 3 heterocycles. The molecule has 10 rings (SSSR count). The number of fused-ring (bicyclic) bond motifs is 10. The smallest absolute Gasteiger partial charge is 0.159 e. The summed E-state index contributed by atoms with van der Waals surface area (Å²) in [6.45, 7) is 0. The number of para-hydroxylation sites is 2. The Kier molecular flexibility index (Phi) is 5.23. The first-order chi connectivity index (χ1) is 22.3. The number of anilines is 2. The zero-order valence-electron chi connectivity index (χ0n) is 24.7. The molecule has 2 aromatic heterocycles. The minimum Gasteiger partial charge on any atom is -0.454 e. The van der Waals surface area contributed by atoms with E-state index in [1.807, 2.05) is 0 Å². The maximum Gasteiger partial charge on any atom is 0.159 e. The lowest BCUT2D eigenvalue weighted by Crippen LogP contribution is -2.28. The normalized spacial score (nSPS) is 18.2. The maximum atomic E-state index is 6.64. The first-order valence-corrected chi connectivity index (χ1v) is 15.9. The van der Waals surface area contributed by atoms with Crippen molar-refractivity contribution in [3.63, 3.8) is 0 Å². The number of hydrogen-bond donors (Lipinski definition) is 0. The van der Waals surface area contributed by atoms with Crippen molar-refractivity contribution in [2.24, 2.45) is 0 Å². The summed E-state index contributed by atoms with van der Waals surface area (Å²) in [4.78, 5) is 2.56. The van der Waals surface area contributed by atoms with Gasteiger partial charge in [-0.15, -0.1) is 0 Å². The molecule has 3 heteroatoms. The Morgan fingerprint density at radius 3 is 2.44 bits per heavy atom. The fourth-order valence-electron chi connectivity index (χ4n) is 8.08. The van der Waals surface area contributed by atoms with Crippen LogP contribution in [0.25, 0.3) is 55.7 Å². The highest BCUT2D eigenvalue weighted by molar-refractivity contribution is 6.09. The van der Waals surface area contributed by atoms with E-state index < -0.39 is 0 Å². The maximum absolute atomic E-state index is 6.64. The van der Waals surface area contributed by atoms with Gasteiger partial charge in [-0.3, -0.25) is 0 Å². The topological polar surface area (TPSA) is 21.3 Å². The lowest BCUT2D eigenvalue weighted by atomic mass is 9.89. The average Bonchev–Trinajstić information content (AvgIpc) is 3.76. The van der Waals surface area contributed by atoms with Crippen molar-refractivity contribution in [1.82, 2.24) is 4.57 Å². The molecule has 0 N–H and O–H groups in total. The summed E-state index contributed by atoms with van der Waals surface area (Å²) in [6, 6.07) is 39.6. The van der Waals surface area contributed by atoms with Gasteiger partial charge in [-0.25, -0.2) is 0 Å². The van der Waals surface area contributed by atoms with Crippen LogP contribution in [0, 0.1) is 0 Å². The van der Waals surface area contributed by atoms with Gasteiger partial charge in [0.2, 0.25) is 0 Å². The van der Waals surface area contributed by atoms with Crippen molar-refractivity contribution in [3.05, 3.63) is 156 Å². The molecule has 0 radical (unpaired) electrons. The Bertz CT molecular complexity index is 2400. The van der Waals surface area contributed by atoms with Crippen molar-refractivity contribution in [2.75, 3.05) is 4.90 Å². The van der Waals surface area contributed by atoms with E-state index in [1.165, 1.54) is 50.2 Å². The fourth-order valence-corrected chi connectivity index (χ4v) is 8.08. The van der Waals surface area contributed by atoms with Crippen molar-refractivity contribution >= 4 is 50.3 Å². The molecule has 214 valence electrons. The second-order valence-electron chi connectivity index (χ2n) is 12.4. The molecule has 5 aromatic carbocycles. The second-order valence-corrected chi connectivity index (χ2v) is 12.4. The summed E-state index contributed by atoms with van der Waals surface area (Å²) in [5.41, 5.74) is 13.3. The average molecular weight is 579 g/mol. The van der Waals surface area contributed by atoms with Crippen LogP contribution in [0.3, 0.4) is 0 Å². The fraction of sp³-hybridized carbons (Fsp3) is 0.0952. The molecule has 1 aliphatic heterocycles. The highest BCUT2D eigenvalue weighted by atomic mass is 16.3. The number of nitrogens with zero attached hydrogens (tertiary/aromatic N) is 2. The summed E-state index contributed by atoms with van der Waals surface area (Å²) < 4.78 is 9.19. The lowest BCUT2D eigenvalue weighted by Gasteiger charge is -2.29. The third-order valence-electron chi connectivity index (χ3n) is 9.97. The van der Waals surface area contributed by atoms with E-state index in [1.54, 1.807) is 0 Å². The Morgan fingerprint density at radius 2 is 1.49 bits per heavy atom. The van der Waals surface area contributed by atoms with Gasteiger partial charge in [-0.1, -0.05) is 115 Å². The molecule has 0 amide bonds. The Hall–Kier alpha value is -5.54. The predicted octanol–water partition coefficient (Wildman–Crippen LogP) is 10.9. The van der Waals surface area contributed by atoms with Gasteiger partial charge in [0.1, 0.15) is 5.58 Å². The Balaban J connectivity index is 1.27. The number of furan rings is 1. The molecule has 7 aromatic rings. The summed E-state index contributed by atoms with van der Waals surface area (Å²) in [7, 11) is 0. The van der Waals surface area contributed by atoms with Crippen LogP contribution in [0.2, 0.25) is 0 Å². The zero-order chi connectivity index (χ0) is 29.5. The highest BCUT2D eigenvalue weighted by Crippen LogP contribution is 2.53. The monoisotopic (exact) mass is 578 g/mol. The molecule has 0 spiro atoms. The van der Waals surface area contributed by atoms with E-state index in [9.17, 15) is 0 Å². The third kappa shape index (κ3) is 3.52. The van der Waals surface area contributed by atoms with Crippen LogP contribution in [0.4, 0.5) is 11.4 Å². The van der Waals surface area contributed by atoms with Gasteiger partial charge in [-0.2, -0.15) is 0 Å².